The van der Waals surface area contributed by atoms with Crippen LogP contribution in [0.4, 0.5) is 15.8 Å². The van der Waals surface area contributed by atoms with Crippen LogP contribution in [0.15, 0.2) is 12.1 Å². The summed E-state index contributed by atoms with van der Waals surface area (Å²) in [5.41, 5.74) is 1.73. The normalized spacial score (nSPS) is 19.8. The summed E-state index contributed by atoms with van der Waals surface area (Å²) in [7, 11) is 1.67. The molecule has 1 heterocycles. The van der Waals surface area contributed by atoms with Crippen LogP contribution in [0.5, 0.6) is 0 Å². The van der Waals surface area contributed by atoms with Gasteiger partial charge in [-0.3, -0.25) is 0 Å². The first kappa shape index (κ1) is 10.9. The van der Waals surface area contributed by atoms with Crippen molar-refractivity contribution in [3.63, 3.8) is 0 Å². The maximum absolute atomic E-state index is 13.3. The highest BCUT2D eigenvalue weighted by Crippen LogP contribution is 2.28. The summed E-state index contributed by atoms with van der Waals surface area (Å²) in [6.07, 6.45) is 0.109. The highest BCUT2D eigenvalue weighted by molar-refractivity contribution is 14.1. The first-order valence-corrected chi connectivity index (χ1v) is 5.78. The summed E-state index contributed by atoms with van der Waals surface area (Å²) in [6.45, 7) is 1.43. The van der Waals surface area contributed by atoms with Crippen LogP contribution in [-0.4, -0.2) is 26.3 Å². The molecule has 3 nitrogen and oxygen atoms in total. The second-order valence-electron chi connectivity index (χ2n) is 3.43. The van der Waals surface area contributed by atoms with Gasteiger partial charge in [-0.1, -0.05) is 0 Å². The van der Waals surface area contributed by atoms with Gasteiger partial charge in [0, 0.05) is 26.3 Å². The number of hydrogen-bond acceptors (Lipinski definition) is 3. The molecule has 82 valence electrons. The van der Waals surface area contributed by atoms with Crippen LogP contribution in [0, 0.1) is 9.39 Å². The molecular formula is C10H12FIN2O. The second kappa shape index (κ2) is 4.52. The van der Waals surface area contributed by atoms with E-state index in [4.69, 9.17) is 4.74 Å². The van der Waals surface area contributed by atoms with Gasteiger partial charge in [-0.15, -0.1) is 0 Å². The number of nitrogens with one attached hydrogen (secondary N) is 2. The van der Waals surface area contributed by atoms with Gasteiger partial charge in [0.25, 0.3) is 0 Å². The number of methoxy groups -OCH3 is 1. The third-order valence-corrected chi connectivity index (χ3v) is 3.26. The number of fused-ring (bicyclic) bond motifs is 1. The predicted octanol–water partition coefficient (Wildman–Crippen LogP) is 2.28. The van der Waals surface area contributed by atoms with E-state index < -0.39 is 0 Å². The van der Waals surface area contributed by atoms with Crippen LogP contribution < -0.4 is 10.6 Å². The van der Waals surface area contributed by atoms with Gasteiger partial charge in [0.2, 0.25) is 0 Å². The van der Waals surface area contributed by atoms with Gasteiger partial charge in [0.05, 0.1) is 21.0 Å². The first-order chi connectivity index (χ1) is 7.20. The molecule has 1 unspecified atom stereocenters. The van der Waals surface area contributed by atoms with Gasteiger partial charge < -0.3 is 15.4 Å². The van der Waals surface area contributed by atoms with Crippen molar-refractivity contribution >= 4 is 34.0 Å². The lowest BCUT2D eigenvalue weighted by atomic mass is 10.2. The molecule has 0 radical (unpaired) electrons. The molecule has 2 rings (SSSR count). The summed E-state index contributed by atoms with van der Waals surface area (Å²) in [5.74, 6) is -0.195. The van der Waals surface area contributed by atoms with E-state index in [0.717, 1.165) is 17.9 Å². The average Bonchev–Trinajstić information content (AvgIpc) is 2.42. The molecule has 0 amide bonds. The van der Waals surface area contributed by atoms with Crippen molar-refractivity contribution < 1.29 is 9.13 Å². The Balaban J connectivity index is 2.27. The predicted molar refractivity (Wildman–Crippen MR) is 66.9 cm³/mol. The van der Waals surface area contributed by atoms with Crippen LogP contribution in [0.2, 0.25) is 0 Å². The molecule has 0 fully saturated rings. The molecule has 2 N–H and O–H groups in total. The molecule has 0 spiro atoms. The van der Waals surface area contributed by atoms with E-state index in [2.05, 4.69) is 10.6 Å². The van der Waals surface area contributed by atoms with Gasteiger partial charge >= 0.3 is 0 Å². The lowest BCUT2D eigenvalue weighted by Gasteiger charge is -2.11. The van der Waals surface area contributed by atoms with Crippen LogP contribution in [0.25, 0.3) is 0 Å². The standard InChI is InChI=1S/C10H12FIN2O/c1-15-6-4-13-9-2-7(11)8(12)3-10(9)14-5-6/h2-3,6,13-14H,4-5H2,1H3. The summed E-state index contributed by atoms with van der Waals surface area (Å²) in [5, 5.41) is 6.40. The van der Waals surface area contributed by atoms with Gasteiger partial charge in [0.15, 0.2) is 0 Å². The number of hydrogen-bond donors (Lipinski definition) is 2. The second-order valence-corrected chi connectivity index (χ2v) is 4.59. The Labute approximate surface area is 102 Å². The lowest BCUT2D eigenvalue weighted by molar-refractivity contribution is 0.124. The van der Waals surface area contributed by atoms with Gasteiger partial charge in [0.1, 0.15) is 5.82 Å². The van der Waals surface area contributed by atoms with Crippen LogP contribution in [-0.2, 0) is 4.74 Å². The number of rotatable bonds is 1. The first-order valence-electron chi connectivity index (χ1n) is 4.70. The Kier molecular flexibility index (Phi) is 3.30. The Hall–Kier alpha value is -0.560. The van der Waals surface area contributed by atoms with Crippen molar-refractivity contribution in [3.05, 3.63) is 21.5 Å². The van der Waals surface area contributed by atoms with E-state index >= 15 is 0 Å². The van der Waals surface area contributed by atoms with E-state index in [9.17, 15) is 4.39 Å². The molecule has 0 saturated heterocycles. The number of ether oxygens (including phenoxy) is 1. The molecular weight excluding hydrogens is 310 g/mol. The van der Waals surface area contributed by atoms with E-state index in [1.54, 1.807) is 13.2 Å². The summed E-state index contributed by atoms with van der Waals surface area (Å²) in [6, 6.07) is 3.32. The molecule has 1 aliphatic rings. The molecule has 1 aromatic rings. The van der Waals surface area contributed by atoms with E-state index in [-0.39, 0.29) is 11.9 Å². The van der Waals surface area contributed by atoms with Crippen molar-refractivity contribution in [2.45, 2.75) is 6.10 Å². The highest BCUT2D eigenvalue weighted by Gasteiger charge is 2.15. The summed E-state index contributed by atoms with van der Waals surface area (Å²) >= 11 is 1.98. The minimum Gasteiger partial charge on any atom is -0.381 e. The summed E-state index contributed by atoms with van der Waals surface area (Å²) < 4.78 is 19.2. The Bertz CT molecular complexity index is 340. The summed E-state index contributed by atoms with van der Waals surface area (Å²) in [4.78, 5) is 0. The maximum Gasteiger partial charge on any atom is 0.138 e. The SMILES string of the molecule is COC1CNc2cc(F)c(I)cc2NC1. The van der Waals surface area contributed by atoms with Crippen LogP contribution in [0.1, 0.15) is 0 Å². The fourth-order valence-electron chi connectivity index (χ4n) is 1.53. The van der Waals surface area contributed by atoms with Gasteiger partial charge in [-0.2, -0.15) is 0 Å². The largest absolute Gasteiger partial charge is 0.381 e. The van der Waals surface area contributed by atoms with Crippen LogP contribution in [0.3, 0.4) is 0 Å². The van der Waals surface area contributed by atoms with E-state index in [0.29, 0.717) is 10.1 Å². The molecule has 1 aliphatic heterocycles. The molecule has 5 heteroatoms. The Morgan fingerprint density at radius 2 is 1.93 bits per heavy atom. The van der Waals surface area contributed by atoms with Gasteiger partial charge in [-0.05, 0) is 28.7 Å². The zero-order valence-electron chi connectivity index (χ0n) is 8.31. The molecule has 0 bridgehead atoms. The Morgan fingerprint density at radius 1 is 1.33 bits per heavy atom. The van der Waals surface area contributed by atoms with E-state index in [1.807, 2.05) is 22.6 Å². The third kappa shape index (κ3) is 2.34. The smallest absolute Gasteiger partial charge is 0.138 e. The lowest BCUT2D eigenvalue weighted by Crippen LogP contribution is -2.26. The molecule has 15 heavy (non-hydrogen) atoms. The molecule has 1 aromatic carbocycles. The topological polar surface area (TPSA) is 33.3 Å². The van der Waals surface area contributed by atoms with Crippen molar-refractivity contribution in [1.82, 2.24) is 0 Å². The zero-order valence-corrected chi connectivity index (χ0v) is 10.5. The third-order valence-electron chi connectivity index (χ3n) is 2.43. The minimum absolute atomic E-state index is 0.109. The number of halogens is 2. The number of benzene rings is 1. The van der Waals surface area contributed by atoms with Gasteiger partial charge in [-0.25, -0.2) is 4.39 Å². The highest BCUT2D eigenvalue weighted by atomic mass is 127. The fourth-order valence-corrected chi connectivity index (χ4v) is 1.99. The number of anilines is 2. The molecule has 0 saturated carbocycles. The van der Waals surface area contributed by atoms with Crippen molar-refractivity contribution in [2.24, 2.45) is 0 Å². The fraction of sp³-hybridized carbons (Fsp3) is 0.400. The quantitative estimate of drug-likeness (QED) is 0.779. The Morgan fingerprint density at radius 3 is 2.53 bits per heavy atom. The zero-order chi connectivity index (χ0) is 10.8. The molecule has 0 aromatic heterocycles. The van der Waals surface area contributed by atoms with E-state index in [1.165, 1.54) is 6.07 Å². The van der Waals surface area contributed by atoms with Crippen molar-refractivity contribution in [3.8, 4) is 0 Å². The molecule has 0 aliphatic carbocycles. The van der Waals surface area contributed by atoms with Crippen molar-refractivity contribution in [1.29, 1.82) is 0 Å². The average molecular weight is 322 g/mol. The van der Waals surface area contributed by atoms with Crippen LogP contribution >= 0.6 is 22.6 Å². The minimum atomic E-state index is -0.195. The molecule has 1 atom stereocenters. The van der Waals surface area contributed by atoms with Crippen molar-refractivity contribution in [2.75, 3.05) is 30.8 Å². The maximum atomic E-state index is 13.3. The monoisotopic (exact) mass is 322 g/mol.